The van der Waals surface area contributed by atoms with Crippen LogP contribution in [0.5, 0.6) is 0 Å². The third kappa shape index (κ3) is 8.06. The summed E-state index contributed by atoms with van der Waals surface area (Å²) in [6, 6.07) is 8.85. The molecule has 2 fully saturated rings. The van der Waals surface area contributed by atoms with Gasteiger partial charge in [0, 0.05) is 65.1 Å². The number of hydrogen-bond donors (Lipinski definition) is 3. The van der Waals surface area contributed by atoms with Crippen LogP contribution < -0.4 is 22.5 Å². The fourth-order valence-electron chi connectivity index (χ4n) is 4.91. The van der Waals surface area contributed by atoms with Gasteiger partial charge in [-0.25, -0.2) is 9.59 Å². The van der Waals surface area contributed by atoms with E-state index in [1.165, 1.54) is 4.57 Å². The zero-order valence-corrected chi connectivity index (χ0v) is 25.5. The van der Waals surface area contributed by atoms with Crippen LogP contribution in [-0.4, -0.2) is 110 Å². The van der Waals surface area contributed by atoms with Crippen molar-refractivity contribution in [3.05, 3.63) is 52.6 Å². The van der Waals surface area contributed by atoms with E-state index in [1.54, 1.807) is 49.8 Å². The van der Waals surface area contributed by atoms with E-state index in [1.807, 2.05) is 29.2 Å². The third-order valence-corrected chi connectivity index (χ3v) is 7.28. The van der Waals surface area contributed by atoms with Gasteiger partial charge in [-0.05, 0) is 51.5 Å². The van der Waals surface area contributed by atoms with Crippen molar-refractivity contribution < 1.29 is 14.4 Å². The molecule has 14 heteroatoms. The van der Waals surface area contributed by atoms with Crippen LogP contribution in [0.2, 0.25) is 0 Å². The van der Waals surface area contributed by atoms with E-state index in [0.717, 1.165) is 25.2 Å². The number of amides is 4. The molecule has 230 valence electrons. The van der Waals surface area contributed by atoms with Crippen molar-refractivity contribution in [3.63, 3.8) is 0 Å². The minimum Gasteiger partial charge on any atom is -0.339 e. The molecule has 4 rings (SSSR count). The van der Waals surface area contributed by atoms with Crippen LogP contribution in [0.4, 0.5) is 10.6 Å². The van der Waals surface area contributed by atoms with Gasteiger partial charge in [0.2, 0.25) is 11.8 Å². The van der Waals surface area contributed by atoms with Crippen molar-refractivity contribution in [1.29, 1.82) is 0 Å². The first-order valence-corrected chi connectivity index (χ1v) is 13.9. The summed E-state index contributed by atoms with van der Waals surface area (Å²) in [6.45, 7) is 11.8. The average molecular weight is 604 g/mol. The lowest BCUT2D eigenvalue weighted by molar-refractivity contribution is -0.138. The average Bonchev–Trinajstić information content (AvgIpc) is 2.92. The summed E-state index contributed by atoms with van der Waals surface area (Å²) in [5.41, 5.74) is 11.3. The highest BCUT2D eigenvalue weighted by Crippen LogP contribution is 2.15. The number of benzene rings is 1. The Bertz CT molecular complexity index is 1320. The number of carbonyl (C=O) groups excluding carboxylic acids is 3. The Kier molecular flexibility index (Phi) is 10.4. The summed E-state index contributed by atoms with van der Waals surface area (Å²) < 4.78 is 1.41. The largest absolute Gasteiger partial charge is 0.354 e. The quantitative estimate of drug-likeness (QED) is 0.428. The molecule has 1 aromatic heterocycles. The maximum absolute atomic E-state index is 12.7. The molecule has 0 bridgehead atoms. The highest BCUT2D eigenvalue weighted by Gasteiger charge is 2.32. The molecule has 0 radical (unpaired) electrons. The second-order valence-electron chi connectivity index (χ2n) is 11.9. The van der Waals surface area contributed by atoms with Crippen LogP contribution in [0.1, 0.15) is 33.3 Å². The van der Waals surface area contributed by atoms with E-state index in [2.05, 4.69) is 15.2 Å². The van der Waals surface area contributed by atoms with Crippen LogP contribution in [-0.2, 0) is 16.1 Å². The summed E-state index contributed by atoms with van der Waals surface area (Å²) >= 11 is 0. The van der Waals surface area contributed by atoms with Gasteiger partial charge in [0.15, 0.2) is 0 Å². The van der Waals surface area contributed by atoms with E-state index in [0.29, 0.717) is 45.0 Å². The van der Waals surface area contributed by atoms with Crippen molar-refractivity contribution >= 4 is 36.1 Å². The third-order valence-electron chi connectivity index (χ3n) is 7.28. The molecular formula is C28H42ClN9O4. The summed E-state index contributed by atoms with van der Waals surface area (Å²) in [5, 5.41) is 2.68. The molecule has 0 saturated carbocycles. The molecule has 1 aromatic carbocycles. The Hall–Kier alpha value is -3.52. The molecule has 3 heterocycles. The summed E-state index contributed by atoms with van der Waals surface area (Å²) in [4.78, 5) is 61.6. The zero-order valence-electron chi connectivity index (χ0n) is 24.7. The molecule has 0 atom stereocenters. The van der Waals surface area contributed by atoms with Crippen molar-refractivity contribution in [2.45, 2.75) is 45.3 Å². The summed E-state index contributed by atoms with van der Waals surface area (Å²) in [7, 11) is 0. The fraction of sp³-hybridized carbons (Fsp3) is 0.536. The normalized spacial score (nSPS) is 16.6. The number of piperazine rings is 2. The highest BCUT2D eigenvalue weighted by atomic mass is 35.5. The minimum atomic E-state index is -0.959. The first-order chi connectivity index (χ1) is 19.2. The number of urea groups is 1. The molecule has 2 aliphatic heterocycles. The first kappa shape index (κ1) is 33.0. The highest BCUT2D eigenvalue weighted by molar-refractivity contribution is 5.89. The monoisotopic (exact) mass is 603 g/mol. The number of halogens is 1. The Morgan fingerprint density at radius 3 is 1.74 bits per heavy atom. The van der Waals surface area contributed by atoms with Gasteiger partial charge in [0.25, 0.3) is 0 Å². The van der Waals surface area contributed by atoms with Gasteiger partial charge >= 0.3 is 11.7 Å². The van der Waals surface area contributed by atoms with E-state index in [-0.39, 0.29) is 36.1 Å². The Balaban J connectivity index is 0.00000484. The Morgan fingerprint density at radius 2 is 1.26 bits per heavy atom. The van der Waals surface area contributed by atoms with Crippen molar-refractivity contribution in [2.24, 2.45) is 11.5 Å². The molecule has 4 amide bonds. The van der Waals surface area contributed by atoms with E-state index < -0.39 is 16.8 Å². The SMILES string of the molecule is CC(C)(N)C(=O)N1CCN(Cc2ccc(-n3ccc(NC(=O)N4CCN(C(=O)C(C)(C)N)CC4)nc3=O)cc2)CC1.Cl. The van der Waals surface area contributed by atoms with Crippen LogP contribution in [0.15, 0.2) is 41.3 Å². The Labute approximate surface area is 252 Å². The lowest BCUT2D eigenvalue weighted by Gasteiger charge is -2.37. The van der Waals surface area contributed by atoms with Crippen LogP contribution in [0.25, 0.3) is 5.69 Å². The fourth-order valence-corrected chi connectivity index (χ4v) is 4.91. The van der Waals surface area contributed by atoms with Crippen molar-refractivity contribution in [3.8, 4) is 5.69 Å². The molecule has 0 unspecified atom stereocenters. The molecule has 42 heavy (non-hydrogen) atoms. The number of nitrogens with zero attached hydrogens (tertiary/aromatic N) is 6. The maximum atomic E-state index is 12.7. The first-order valence-electron chi connectivity index (χ1n) is 13.9. The van der Waals surface area contributed by atoms with Gasteiger partial charge in [-0.15, -0.1) is 12.4 Å². The standard InChI is InChI=1S/C28H41N9O4.ClH/c1-27(2,29)23(38)34-13-11-33(12-14-34)19-20-5-7-21(8-6-20)37-10-9-22(32-26(37)41)31-25(40)36-17-15-35(16-18-36)24(39)28(3,4)30;/h5-10H,11-19,29-30H2,1-4H3,(H,31,32,40,41);1H. The van der Waals surface area contributed by atoms with Gasteiger partial charge < -0.3 is 26.2 Å². The lowest BCUT2D eigenvalue weighted by atomic mass is 10.0. The number of anilines is 1. The smallest absolute Gasteiger partial charge is 0.339 e. The van der Waals surface area contributed by atoms with E-state index in [9.17, 15) is 19.2 Å². The molecule has 0 aliphatic carbocycles. The van der Waals surface area contributed by atoms with Gasteiger partial charge in [0.05, 0.1) is 16.8 Å². The minimum absolute atomic E-state index is 0. The van der Waals surface area contributed by atoms with Crippen LogP contribution >= 0.6 is 12.4 Å². The number of hydrogen-bond acceptors (Lipinski definition) is 8. The molecule has 0 spiro atoms. The second-order valence-corrected chi connectivity index (χ2v) is 11.9. The van der Waals surface area contributed by atoms with Gasteiger partial charge in [-0.3, -0.25) is 24.4 Å². The van der Waals surface area contributed by atoms with E-state index >= 15 is 0 Å². The van der Waals surface area contributed by atoms with Crippen LogP contribution in [0, 0.1) is 0 Å². The number of carbonyl (C=O) groups is 3. The number of nitrogens with two attached hydrogens (primary N) is 2. The van der Waals surface area contributed by atoms with Gasteiger partial charge in [-0.1, -0.05) is 12.1 Å². The van der Waals surface area contributed by atoms with Gasteiger partial charge in [0.1, 0.15) is 5.82 Å². The number of aromatic nitrogens is 2. The molecule has 2 saturated heterocycles. The summed E-state index contributed by atoms with van der Waals surface area (Å²) in [5.74, 6) is -0.0294. The zero-order chi connectivity index (χ0) is 29.9. The summed E-state index contributed by atoms with van der Waals surface area (Å²) in [6.07, 6.45) is 1.58. The van der Waals surface area contributed by atoms with Crippen molar-refractivity contribution in [2.75, 3.05) is 57.7 Å². The van der Waals surface area contributed by atoms with Crippen LogP contribution in [0.3, 0.4) is 0 Å². The number of rotatable bonds is 6. The number of nitrogens with one attached hydrogen (secondary N) is 1. The predicted molar refractivity (Wildman–Crippen MR) is 163 cm³/mol. The topological polar surface area (TPSA) is 163 Å². The molecular weight excluding hydrogens is 562 g/mol. The lowest BCUT2D eigenvalue weighted by Crippen LogP contribution is -2.58. The molecule has 5 N–H and O–H groups in total. The van der Waals surface area contributed by atoms with Crippen molar-refractivity contribution in [1.82, 2.24) is 29.2 Å². The molecule has 2 aliphatic rings. The van der Waals surface area contributed by atoms with E-state index in [4.69, 9.17) is 11.5 Å². The van der Waals surface area contributed by atoms with Gasteiger partial charge in [-0.2, -0.15) is 4.98 Å². The Morgan fingerprint density at radius 1 is 0.786 bits per heavy atom. The second kappa shape index (κ2) is 13.2. The molecule has 2 aromatic rings. The predicted octanol–water partition coefficient (Wildman–Crippen LogP) is 0.449. The molecule has 13 nitrogen and oxygen atoms in total. The maximum Gasteiger partial charge on any atom is 0.354 e.